The molecule has 4 heteroatoms. The van der Waals surface area contributed by atoms with Crippen molar-refractivity contribution in [2.45, 2.75) is 6.42 Å². The molecule has 4 nitrogen and oxygen atoms in total. The largest absolute Gasteiger partial charge is 0.481 e. The van der Waals surface area contributed by atoms with Crippen LogP contribution in [0.15, 0.2) is 0 Å². The predicted molar refractivity (Wildman–Crippen MR) is 21.3 cm³/mol. The maximum Gasteiger partial charge on any atom is 0.318 e. The van der Waals surface area contributed by atoms with Gasteiger partial charge in [0.1, 0.15) is 6.42 Å². The summed E-state index contributed by atoms with van der Waals surface area (Å²) in [7, 11) is 0. The quantitative estimate of drug-likeness (QED) is 0.286. The minimum Gasteiger partial charge on any atom is -0.481 e. The first-order valence-corrected chi connectivity index (χ1v) is 1.67. The fraction of sp³-hybridized carbons (Fsp3) is 0.333. The second-order valence-corrected chi connectivity index (χ2v) is 0.910. The molecule has 0 aliphatic heterocycles. The summed E-state index contributed by atoms with van der Waals surface area (Å²) >= 11 is 0. The number of carbonyl (C=O) groups is 1. The molecular weight excluding hydrogens is 96.0 g/mol. The van der Waals surface area contributed by atoms with Gasteiger partial charge in [-0.1, -0.05) is 0 Å². The zero-order valence-corrected chi connectivity index (χ0v) is 3.59. The van der Waals surface area contributed by atoms with Gasteiger partial charge in [-0.05, 0) is 0 Å². The van der Waals surface area contributed by atoms with Crippen LogP contribution in [0.1, 0.15) is 6.42 Å². The van der Waals surface area contributed by atoms with Crippen molar-refractivity contribution < 1.29 is 14.7 Å². The molecule has 0 saturated heterocycles. The van der Waals surface area contributed by atoms with Gasteiger partial charge in [0.2, 0.25) is 0 Å². The molecule has 0 amide bonds. The van der Waals surface area contributed by atoms with Crippen molar-refractivity contribution in [3.8, 4) is 0 Å². The molecule has 0 radical (unpaired) electrons. The number of nitrogens with zero attached hydrogens (tertiary/aromatic N) is 1. The van der Waals surface area contributed by atoms with E-state index in [2.05, 4.69) is 4.79 Å². The lowest BCUT2D eigenvalue weighted by molar-refractivity contribution is -0.138. The van der Waals surface area contributed by atoms with E-state index in [9.17, 15) is 4.79 Å². The van der Waals surface area contributed by atoms with Crippen LogP contribution in [0, 0.1) is 5.53 Å². The lowest BCUT2D eigenvalue weighted by Gasteiger charge is -1.68. The molecule has 0 bridgehead atoms. The van der Waals surface area contributed by atoms with E-state index < -0.39 is 5.97 Å². The Morgan fingerprint density at radius 3 is 2.71 bits per heavy atom. The minimum absolute atomic E-state index is 0.163. The SMILES string of the molecule is N=[N+]=CCC(=O)O. The van der Waals surface area contributed by atoms with E-state index in [1.165, 1.54) is 0 Å². The summed E-state index contributed by atoms with van der Waals surface area (Å²) in [5, 5.41) is 7.87. The number of nitrogens with one attached hydrogen (secondary N) is 1. The van der Waals surface area contributed by atoms with Crippen LogP contribution in [0.5, 0.6) is 0 Å². The third-order valence-corrected chi connectivity index (χ3v) is 0.357. The van der Waals surface area contributed by atoms with Crippen molar-refractivity contribution in [3.63, 3.8) is 0 Å². The van der Waals surface area contributed by atoms with Gasteiger partial charge < -0.3 is 5.11 Å². The molecule has 2 N–H and O–H groups in total. The molecule has 0 aromatic heterocycles. The van der Waals surface area contributed by atoms with Crippen LogP contribution in [0.25, 0.3) is 0 Å². The summed E-state index contributed by atoms with van der Waals surface area (Å²) in [6.07, 6.45) is 0.853. The average molecular weight is 101 g/mol. The Labute approximate surface area is 40.0 Å². The molecule has 0 saturated carbocycles. The van der Waals surface area contributed by atoms with Gasteiger partial charge in [0.15, 0.2) is 0 Å². The lowest BCUT2D eigenvalue weighted by atomic mass is 10.5. The standard InChI is InChI=1S/C3H4N2O2/c4-5-2-1-3(6)7/h2,4H,1H2/p+1. The lowest BCUT2D eigenvalue weighted by Crippen LogP contribution is -1.93. The summed E-state index contributed by atoms with van der Waals surface area (Å²) < 4.78 is 0. The fourth-order valence-electron chi connectivity index (χ4n) is 0.124. The normalized spacial score (nSPS) is 6.86. The predicted octanol–water partition coefficient (Wildman–Crippen LogP) is -0.229. The van der Waals surface area contributed by atoms with E-state index in [1.807, 2.05) is 0 Å². The molecule has 0 heterocycles. The van der Waals surface area contributed by atoms with E-state index in [0.29, 0.717) is 0 Å². The van der Waals surface area contributed by atoms with Gasteiger partial charge >= 0.3 is 12.2 Å². The van der Waals surface area contributed by atoms with Crippen LogP contribution < -0.4 is 0 Å². The van der Waals surface area contributed by atoms with Crippen LogP contribution in [-0.2, 0) is 4.79 Å². The van der Waals surface area contributed by atoms with Gasteiger partial charge in [0, 0.05) is 4.79 Å². The Bertz CT molecular complexity index is 114. The topological polar surface area (TPSA) is 75.2 Å². The van der Waals surface area contributed by atoms with Gasteiger partial charge in [-0.2, -0.15) is 0 Å². The maximum atomic E-state index is 9.58. The Morgan fingerprint density at radius 1 is 2.00 bits per heavy atom. The number of hydrogen-bond acceptors (Lipinski definition) is 2. The van der Waals surface area contributed by atoms with Crippen molar-refractivity contribution in [2.24, 2.45) is 0 Å². The van der Waals surface area contributed by atoms with E-state index in [-0.39, 0.29) is 6.42 Å². The molecule has 0 aliphatic rings. The van der Waals surface area contributed by atoms with E-state index in [0.717, 1.165) is 6.21 Å². The van der Waals surface area contributed by atoms with Crippen molar-refractivity contribution in [2.75, 3.05) is 0 Å². The number of carboxylic acid groups (broad SMARTS) is 1. The second-order valence-electron chi connectivity index (χ2n) is 0.910. The third-order valence-electron chi connectivity index (χ3n) is 0.357. The average Bonchev–Trinajstić information content (AvgIpc) is 1.61. The van der Waals surface area contributed by atoms with E-state index >= 15 is 0 Å². The van der Waals surface area contributed by atoms with Gasteiger partial charge in [-0.25, -0.2) is 0 Å². The monoisotopic (exact) mass is 101 g/mol. The minimum atomic E-state index is -0.962. The van der Waals surface area contributed by atoms with Gasteiger partial charge in [-0.15, -0.1) is 0 Å². The van der Waals surface area contributed by atoms with Crippen LogP contribution in [0.3, 0.4) is 0 Å². The molecule has 0 aromatic carbocycles. The van der Waals surface area contributed by atoms with Crippen molar-refractivity contribution in [1.29, 1.82) is 5.53 Å². The Kier molecular flexibility index (Phi) is 2.55. The van der Waals surface area contributed by atoms with Gasteiger partial charge in [0.05, 0.1) is 5.53 Å². The first-order valence-electron chi connectivity index (χ1n) is 1.67. The number of rotatable bonds is 2. The van der Waals surface area contributed by atoms with Crippen LogP contribution >= 0.6 is 0 Å². The highest BCUT2D eigenvalue weighted by atomic mass is 16.4. The second kappa shape index (κ2) is 3.06. The van der Waals surface area contributed by atoms with Crippen molar-refractivity contribution >= 4 is 12.2 Å². The molecule has 0 atom stereocenters. The summed E-state index contributed by atoms with van der Waals surface area (Å²) in [5.74, 6) is -0.962. The summed E-state index contributed by atoms with van der Waals surface area (Å²) in [5.41, 5.74) is 6.10. The molecule has 38 valence electrons. The third kappa shape index (κ3) is 4.85. The number of carboxylic acids is 1. The Hall–Kier alpha value is -1.15. The molecule has 0 aromatic rings. The molecule has 7 heavy (non-hydrogen) atoms. The van der Waals surface area contributed by atoms with Crippen LogP contribution in [0.4, 0.5) is 0 Å². The Balaban J connectivity index is 3.32. The molecule has 0 spiro atoms. The number of aliphatic carboxylic acids is 1. The summed E-state index contributed by atoms with van der Waals surface area (Å²) in [4.78, 5) is 12.3. The first kappa shape index (κ1) is 5.85. The zero-order valence-electron chi connectivity index (χ0n) is 3.59. The van der Waals surface area contributed by atoms with Gasteiger partial charge in [-0.3, -0.25) is 4.79 Å². The van der Waals surface area contributed by atoms with Crippen LogP contribution in [-0.4, -0.2) is 22.1 Å². The highest BCUT2D eigenvalue weighted by molar-refractivity contribution is 5.82. The van der Waals surface area contributed by atoms with Crippen molar-refractivity contribution in [3.05, 3.63) is 0 Å². The van der Waals surface area contributed by atoms with Gasteiger partial charge in [0.25, 0.3) is 0 Å². The highest BCUT2D eigenvalue weighted by Gasteiger charge is 1.94. The van der Waals surface area contributed by atoms with Crippen molar-refractivity contribution in [1.82, 2.24) is 0 Å². The Morgan fingerprint density at radius 2 is 2.57 bits per heavy atom. The maximum absolute atomic E-state index is 9.58. The zero-order chi connectivity index (χ0) is 5.70. The van der Waals surface area contributed by atoms with E-state index in [1.54, 1.807) is 0 Å². The molecule has 0 fully saturated rings. The molecule has 0 unspecified atom stereocenters. The summed E-state index contributed by atoms with van der Waals surface area (Å²) in [6, 6.07) is 0. The summed E-state index contributed by atoms with van der Waals surface area (Å²) in [6.45, 7) is 0. The molecule has 0 aliphatic carbocycles. The fourth-order valence-corrected chi connectivity index (χ4v) is 0.124. The molecule has 0 rings (SSSR count). The highest BCUT2D eigenvalue weighted by Crippen LogP contribution is 1.65. The molecular formula is C3H5N2O2+. The van der Waals surface area contributed by atoms with Crippen LogP contribution in [0.2, 0.25) is 0 Å². The first-order chi connectivity index (χ1) is 3.27. The smallest absolute Gasteiger partial charge is 0.318 e. The number of hydrogen-bond donors (Lipinski definition) is 2. The van der Waals surface area contributed by atoms with E-state index in [4.69, 9.17) is 10.6 Å².